The van der Waals surface area contributed by atoms with Crippen molar-refractivity contribution >= 4 is 38.8 Å². The van der Waals surface area contributed by atoms with Gasteiger partial charge in [-0.05, 0) is 202 Å². The molecular weight excluding hydrogens is 999 g/mol. The summed E-state index contributed by atoms with van der Waals surface area (Å²) in [6.45, 7) is 0. The maximum Gasteiger partial charge on any atom is 0.123 e. The van der Waals surface area contributed by atoms with Gasteiger partial charge in [-0.25, -0.2) is 8.78 Å². The highest BCUT2D eigenvalue weighted by Crippen LogP contribution is 2.64. The zero-order valence-corrected chi connectivity index (χ0v) is 44.5. The third kappa shape index (κ3) is 6.95. The van der Waals surface area contributed by atoms with Gasteiger partial charge in [-0.2, -0.15) is 0 Å². The van der Waals surface area contributed by atoms with Crippen LogP contribution in [0.25, 0.3) is 139 Å². The van der Waals surface area contributed by atoms with E-state index in [2.05, 4.69) is 231 Å². The zero-order chi connectivity index (χ0) is 54.2. The Labute approximate surface area is 474 Å². The average molecular weight is 1050 g/mol. The van der Waals surface area contributed by atoms with Crippen molar-refractivity contribution in [2.24, 2.45) is 0 Å². The van der Waals surface area contributed by atoms with Gasteiger partial charge in [0, 0.05) is 11.8 Å². The lowest BCUT2D eigenvalue weighted by molar-refractivity contribution is 0.627. The molecule has 0 N–H and O–H groups in total. The van der Waals surface area contributed by atoms with E-state index >= 15 is 0 Å². The predicted molar refractivity (Wildman–Crippen MR) is 337 cm³/mol. The second-order valence-corrected chi connectivity index (χ2v) is 22.3. The summed E-state index contributed by atoms with van der Waals surface area (Å²) >= 11 is 0. The number of benzene rings is 13. The highest BCUT2D eigenvalue weighted by atomic mass is 19.1. The van der Waals surface area contributed by atoms with Crippen LogP contribution < -0.4 is 5.22 Å². The van der Waals surface area contributed by atoms with Gasteiger partial charge < -0.3 is 0 Å². The van der Waals surface area contributed by atoms with Gasteiger partial charge in [-0.3, -0.25) is 0 Å². The summed E-state index contributed by atoms with van der Waals surface area (Å²) in [5.74, 6) is -0.525. The van der Waals surface area contributed by atoms with Gasteiger partial charge in [-0.1, -0.05) is 243 Å². The fraction of sp³-hybridized carbons (Fsp3) is 0.0250. The van der Waals surface area contributed by atoms with E-state index in [1.165, 1.54) is 110 Å². The first kappa shape index (κ1) is 46.6. The Morgan fingerprint density at radius 3 is 1.27 bits per heavy atom. The Morgan fingerprint density at radius 1 is 0.293 bits per heavy atom. The molecule has 2 atom stereocenters. The third-order valence-electron chi connectivity index (χ3n) is 18.1. The van der Waals surface area contributed by atoms with Gasteiger partial charge in [0.05, 0.1) is 0 Å². The molecule has 0 spiro atoms. The minimum absolute atomic E-state index is 0.00319. The molecule has 0 saturated carbocycles. The monoisotopic (exact) mass is 1050 g/mol. The summed E-state index contributed by atoms with van der Waals surface area (Å²) in [6.07, 6.45) is 7.50. The summed E-state index contributed by atoms with van der Waals surface area (Å²) in [5.41, 5.74) is 29.4. The molecule has 4 aliphatic rings. The maximum absolute atomic E-state index is 14.9. The molecule has 2 unspecified atom stereocenters. The number of rotatable bonds is 8. The lowest BCUT2D eigenvalue weighted by Crippen LogP contribution is -2.26. The number of hydrogen-bond acceptors (Lipinski definition) is 0. The van der Waals surface area contributed by atoms with Crippen LogP contribution in [0.15, 0.2) is 273 Å². The van der Waals surface area contributed by atoms with E-state index in [9.17, 15) is 8.78 Å². The molecule has 4 aliphatic carbocycles. The molecule has 82 heavy (non-hydrogen) atoms. The summed E-state index contributed by atoms with van der Waals surface area (Å²) in [4.78, 5) is 0. The van der Waals surface area contributed by atoms with Crippen LogP contribution >= 0.6 is 0 Å². The van der Waals surface area contributed by atoms with Gasteiger partial charge in [0.1, 0.15) is 11.6 Å². The standard InChI is InChI=1S/C80H48F2/c81-57-33-29-53(30-34-57)61-39-38-60(52-19-11-4-12-20-52)73-69-45-67(55-25-21-49(22-26-55)47-13-5-1-6-14-47)75-65-43-41-63-71-59(51-17-9-3-10-18-51)37-40-62(54-31-35-58(82)36-32-54)74(71)70-46-68(56-27-23-50(24-28-56)48-15-7-2-8-16-48)76(79(65)77(63)70)66-44-42-64(72(61)73)78(69)80(66)75/h1-46,64,78H. The molecule has 0 aromatic heterocycles. The quantitative estimate of drug-likeness (QED) is 0.142. The van der Waals surface area contributed by atoms with Crippen LogP contribution in [0.2, 0.25) is 0 Å². The van der Waals surface area contributed by atoms with Crippen molar-refractivity contribution in [2.75, 3.05) is 0 Å². The largest absolute Gasteiger partial charge is 0.207 e. The van der Waals surface area contributed by atoms with E-state index in [0.717, 1.165) is 55.6 Å². The Hall–Kier alpha value is -10.3. The second-order valence-electron chi connectivity index (χ2n) is 22.3. The lowest BCUT2D eigenvalue weighted by Gasteiger charge is -2.33. The molecule has 13 aromatic carbocycles. The van der Waals surface area contributed by atoms with Gasteiger partial charge in [0.2, 0.25) is 0 Å². The van der Waals surface area contributed by atoms with E-state index < -0.39 is 0 Å². The van der Waals surface area contributed by atoms with Crippen molar-refractivity contribution in [1.29, 1.82) is 0 Å². The molecule has 382 valence electrons. The minimum Gasteiger partial charge on any atom is -0.207 e. The Balaban J connectivity index is 1.03. The van der Waals surface area contributed by atoms with Crippen LogP contribution in [0, 0.1) is 11.6 Å². The molecule has 0 aliphatic heterocycles. The summed E-state index contributed by atoms with van der Waals surface area (Å²) in [7, 11) is 0. The first-order chi connectivity index (χ1) is 40.5. The van der Waals surface area contributed by atoms with E-state index in [1.807, 2.05) is 24.3 Å². The highest BCUT2D eigenvalue weighted by molar-refractivity contribution is 6.32. The van der Waals surface area contributed by atoms with E-state index in [1.54, 1.807) is 24.3 Å². The smallest absolute Gasteiger partial charge is 0.123 e. The number of allylic oxidation sites excluding steroid dienone is 3. The summed E-state index contributed by atoms with van der Waals surface area (Å²) < 4.78 is 29.7. The fourth-order valence-electron chi connectivity index (χ4n) is 14.6. The first-order valence-electron chi connectivity index (χ1n) is 28.3. The van der Waals surface area contributed by atoms with Crippen molar-refractivity contribution in [3.05, 3.63) is 318 Å². The van der Waals surface area contributed by atoms with Crippen molar-refractivity contribution in [2.45, 2.75) is 11.8 Å². The lowest BCUT2D eigenvalue weighted by atomic mass is 9.70. The molecule has 0 radical (unpaired) electrons. The zero-order valence-electron chi connectivity index (χ0n) is 44.5. The fourth-order valence-corrected chi connectivity index (χ4v) is 14.6. The first-order valence-corrected chi connectivity index (χ1v) is 28.3. The number of hydrogen-bond donors (Lipinski definition) is 0. The van der Waals surface area contributed by atoms with Crippen LogP contribution in [0.4, 0.5) is 8.78 Å². The van der Waals surface area contributed by atoms with E-state index in [0.29, 0.717) is 0 Å². The molecule has 0 heterocycles. The average Bonchev–Trinajstić information content (AvgIpc) is 2.17. The number of halogens is 2. The van der Waals surface area contributed by atoms with Crippen molar-refractivity contribution in [1.82, 2.24) is 0 Å². The molecule has 0 bridgehead atoms. The normalized spacial score (nSPS) is 15.0. The molecule has 2 heteroatoms. The number of fused-ring (bicyclic) bond motifs is 8. The Kier molecular flexibility index (Phi) is 10.3. The predicted octanol–water partition coefficient (Wildman–Crippen LogP) is 20.8. The topological polar surface area (TPSA) is 0 Å². The molecule has 0 nitrogen and oxygen atoms in total. The van der Waals surface area contributed by atoms with Crippen molar-refractivity contribution in [3.63, 3.8) is 0 Å². The molecular formula is C80H48F2. The molecule has 0 saturated heterocycles. The van der Waals surface area contributed by atoms with Gasteiger partial charge >= 0.3 is 0 Å². The second kappa shape index (κ2) is 18.1. The molecule has 13 aromatic rings. The van der Waals surface area contributed by atoms with Crippen LogP contribution in [0.1, 0.15) is 39.7 Å². The van der Waals surface area contributed by atoms with Gasteiger partial charge in [0.25, 0.3) is 0 Å². The van der Waals surface area contributed by atoms with Gasteiger partial charge in [0.15, 0.2) is 0 Å². The Morgan fingerprint density at radius 2 is 0.707 bits per heavy atom. The van der Waals surface area contributed by atoms with Crippen LogP contribution in [-0.2, 0) is 0 Å². The summed E-state index contributed by atoms with van der Waals surface area (Å²) in [6, 6.07) is 91.8. The molecule has 17 rings (SSSR count). The van der Waals surface area contributed by atoms with Crippen molar-refractivity contribution < 1.29 is 8.78 Å². The van der Waals surface area contributed by atoms with Crippen LogP contribution in [0.5, 0.6) is 0 Å². The van der Waals surface area contributed by atoms with Gasteiger partial charge in [-0.15, -0.1) is 0 Å². The van der Waals surface area contributed by atoms with E-state index in [-0.39, 0.29) is 23.5 Å². The molecule has 0 amide bonds. The highest BCUT2D eigenvalue weighted by Gasteiger charge is 2.46. The third-order valence-corrected chi connectivity index (χ3v) is 18.1. The van der Waals surface area contributed by atoms with E-state index in [4.69, 9.17) is 0 Å². The maximum atomic E-state index is 14.9. The van der Waals surface area contributed by atoms with Crippen LogP contribution in [0.3, 0.4) is 0 Å². The molecule has 0 fully saturated rings. The SMILES string of the molecule is Fc1ccc(-c2ccc(-c3ccccc3)c3c2-c2cc(-c4ccc(-c5ccccc5)cc4)c4c5c6c(c7ccc-3c2c47)=C(c2ccc(-c3ccccc3)cc2)C=C2c3c(-c4ccccc4)ccc(-c4ccc(F)cc4)c3C(C=C5)C26)cc1. The Bertz CT molecular complexity index is 4900. The van der Waals surface area contributed by atoms with Crippen LogP contribution in [-0.4, -0.2) is 0 Å². The minimum atomic E-state index is -0.256. The summed E-state index contributed by atoms with van der Waals surface area (Å²) in [5, 5.41) is 6.21. The van der Waals surface area contributed by atoms with Crippen molar-refractivity contribution in [3.8, 4) is 100 Å².